The summed E-state index contributed by atoms with van der Waals surface area (Å²) in [7, 11) is 5.46. The van der Waals surface area contributed by atoms with Gasteiger partial charge in [-0.2, -0.15) is 9.59 Å². The highest BCUT2D eigenvalue weighted by Gasteiger charge is 2.50. The fourth-order valence-corrected chi connectivity index (χ4v) is 8.48. The number of hydrogen-bond acceptors (Lipinski definition) is 14. The van der Waals surface area contributed by atoms with Crippen molar-refractivity contribution >= 4 is 133 Å². The first-order valence-electron chi connectivity index (χ1n) is 16.3. The van der Waals surface area contributed by atoms with Crippen LogP contribution >= 0.6 is 101 Å². The number of carbonyl (C=O) groups excluding carboxylic acids is 3. The summed E-state index contributed by atoms with van der Waals surface area (Å²) in [4.78, 5) is 29.2. The number of carbonyl (C=O) groups is 1. The van der Waals surface area contributed by atoms with Crippen LogP contribution in [0.15, 0.2) is 79.4 Å². The van der Waals surface area contributed by atoms with E-state index in [1.54, 1.807) is 30.3 Å². The molecule has 60 heavy (non-hydrogen) atoms. The molecule has 1 atom stereocenters. The molecule has 0 heterocycles. The maximum Gasteiger partial charge on any atom is 0.373 e. The highest BCUT2D eigenvalue weighted by Crippen LogP contribution is 2.42. The number of nitrogens with one attached hydrogen (secondary N) is 1. The van der Waals surface area contributed by atoms with Crippen molar-refractivity contribution in [1.82, 2.24) is 4.84 Å². The van der Waals surface area contributed by atoms with Gasteiger partial charge in [0.1, 0.15) is 33.4 Å². The minimum atomic E-state index is -3.99. The van der Waals surface area contributed by atoms with Gasteiger partial charge in [-0.05, 0) is 110 Å². The molecule has 0 bridgehead atoms. The smallest absolute Gasteiger partial charge is 0.373 e. The van der Waals surface area contributed by atoms with Crippen molar-refractivity contribution in [2.24, 2.45) is 5.73 Å². The van der Waals surface area contributed by atoms with Gasteiger partial charge in [0.05, 0.1) is 46.3 Å². The van der Waals surface area contributed by atoms with Crippen molar-refractivity contribution in [1.29, 1.82) is 0 Å². The molecule has 328 valence electrons. The van der Waals surface area contributed by atoms with Gasteiger partial charge >= 0.3 is 12.1 Å². The molecule has 6 rings (SSSR count). The summed E-state index contributed by atoms with van der Waals surface area (Å²) in [5.41, 5.74) is 5.17. The van der Waals surface area contributed by atoms with Gasteiger partial charge in [-0.25, -0.2) is 13.3 Å². The third kappa shape index (κ3) is 17.1. The zero-order valence-electron chi connectivity index (χ0n) is 31.4. The first-order valence-corrected chi connectivity index (χ1v) is 23.2. The number of hydrogen-bond donors (Lipinski definition) is 2. The van der Waals surface area contributed by atoms with E-state index < -0.39 is 25.7 Å². The summed E-state index contributed by atoms with van der Waals surface area (Å²) < 4.78 is 72.4. The second-order valence-electron chi connectivity index (χ2n) is 12.3. The molecule has 4 aromatic carbocycles. The van der Waals surface area contributed by atoms with Crippen LogP contribution in [0.5, 0.6) is 34.5 Å². The highest BCUT2D eigenvalue weighted by atomic mass is 79.9. The Bertz CT molecular complexity index is 2270. The predicted octanol–water partition coefficient (Wildman–Crippen LogP) is 10.6. The van der Waals surface area contributed by atoms with E-state index >= 15 is 0 Å². The summed E-state index contributed by atoms with van der Waals surface area (Å²) in [6.45, 7) is 2.08. The Morgan fingerprint density at radius 3 is 1.47 bits per heavy atom. The number of nitrogens with two attached hydrogens (primary N) is 1. The second kappa shape index (κ2) is 24.5. The lowest BCUT2D eigenvalue weighted by Gasteiger charge is -2.14. The molecule has 14 nitrogen and oxygen atoms in total. The van der Waals surface area contributed by atoms with Crippen LogP contribution in [0.4, 0.5) is 0 Å². The van der Waals surface area contributed by atoms with Gasteiger partial charge in [0, 0.05) is 31.2 Å². The standard InChI is InChI=1S/C13H8BrCl3O4S.C13H9BrCl2O4S.C5H8ClNO2.C4H9N.CO2/c1-20-11-3-2-8(6-12(11)22(17,18)19)21-13-9(15)4-7(14)5-10(13)16;1-19-11-3-2-8(6-12(11)21(17)18)20-13-9(15)4-7(14)5-10(13)16;1-9-4(8)5(7-6)2-3-5;1-4(5)2-3-4;2-1-3/h2-6H,1H3;2-6H,1H3,(H,17,18);7H,2-3H2,1H3;2-3,5H2,1H3;/p-1. The van der Waals surface area contributed by atoms with Crippen LogP contribution < -0.4 is 29.5 Å². The van der Waals surface area contributed by atoms with Crippen molar-refractivity contribution in [3.63, 3.8) is 0 Å². The topological polar surface area (TPSA) is 210 Å². The number of esters is 1. The molecular weight excluding hydrogens is 1090 g/mol. The van der Waals surface area contributed by atoms with E-state index in [0.717, 1.165) is 12.8 Å². The minimum absolute atomic E-state index is 0.0145. The Kier molecular flexibility index (Phi) is 21.9. The predicted molar refractivity (Wildman–Crippen MR) is 234 cm³/mol. The third-order valence-electron chi connectivity index (χ3n) is 7.62. The maximum atomic E-state index is 11.6. The molecule has 24 heteroatoms. The fourth-order valence-electron chi connectivity index (χ4n) is 4.11. The normalized spacial score (nSPS) is 14.2. The molecule has 4 aromatic rings. The van der Waals surface area contributed by atoms with Gasteiger partial charge < -0.3 is 34.0 Å². The Morgan fingerprint density at radius 1 is 0.800 bits per heavy atom. The number of rotatable bonds is 10. The Hall–Kier alpha value is -2.39. The highest BCUT2D eigenvalue weighted by molar-refractivity contribution is 9.10. The molecule has 1 unspecified atom stereocenters. The molecular formula is C36H33Br2Cl6N2O12S2-. The van der Waals surface area contributed by atoms with Crippen LogP contribution in [0.25, 0.3) is 0 Å². The molecule has 0 amide bonds. The molecule has 3 N–H and O–H groups in total. The average molecular weight is 1120 g/mol. The molecule has 0 aromatic heterocycles. The SMILES string of the molecule is CC1(N)CC1.COC(=O)C1(NCl)CC1.COc1ccc(Oc2c(Cl)cc(Br)cc2Cl)cc1S(=O)(=O)Cl.COc1ccc(Oc2c(Cl)cc(Br)cc2Cl)cc1S(=O)[O-].O=C=O. The zero-order valence-corrected chi connectivity index (χ0v) is 40.8. The van der Waals surface area contributed by atoms with Crippen LogP contribution in [0.3, 0.4) is 0 Å². The van der Waals surface area contributed by atoms with E-state index in [0.29, 0.717) is 19.0 Å². The van der Waals surface area contributed by atoms with E-state index in [1.807, 2.05) is 0 Å². The van der Waals surface area contributed by atoms with Crippen molar-refractivity contribution in [3.05, 3.63) is 89.7 Å². The number of ether oxygens (including phenoxy) is 5. The van der Waals surface area contributed by atoms with Crippen LogP contribution in [-0.2, 0) is 39.3 Å². The van der Waals surface area contributed by atoms with Crippen molar-refractivity contribution in [2.45, 2.75) is 53.5 Å². The van der Waals surface area contributed by atoms with Crippen molar-refractivity contribution in [3.8, 4) is 34.5 Å². The van der Waals surface area contributed by atoms with Gasteiger partial charge in [0.15, 0.2) is 11.5 Å². The molecule has 2 fully saturated rings. The number of halogens is 8. The van der Waals surface area contributed by atoms with Crippen LogP contribution in [0, 0.1) is 0 Å². The summed E-state index contributed by atoms with van der Waals surface area (Å²) in [6.07, 6.45) is 4.27. The van der Waals surface area contributed by atoms with E-state index in [9.17, 15) is 22.0 Å². The van der Waals surface area contributed by atoms with E-state index in [2.05, 4.69) is 48.4 Å². The quantitative estimate of drug-likeness (QED) is 0.0655. The summed E-state index contributed by atoms with van der Waals surface area (Å²) >= 11 is 33.6. The molecule has 0 saturated heterocycles. The van der Waals surface area contributed by atoms with E-state index in [1.165, 1.54) is 64.5 Å². The Labute approximate surface area is 394 Å². The Morgan fingerprint density at radius 2 is 1.18 bits per heavy atom. The molecule has 2 aliphatic rings. The summed E-state index contributed by atoms with van der Waals surface area (Å²) in [5, 5.41) is 1.14. The molecule has 2 saturated carbocycles. The molecule has 0 radical (unpaired) electrons. The lowest BCUT2D eigenvalue weighted by Crippen LogP contribution is -2.34. The second-order valence-corrected chi connectivity index (χ2v) is 19.4. The first kappa shape index (κ1) is 53.7. The van der Waals surface area contributed by atoms with Crippen molar-refractivity contribution in [2.75, 3.05) is 21.3 Å². The fraction of sp³-hybridized carbons (Fsp3) is 0.278. The van der Waals surface area contributed by atoms with Crippen LogP contribution in [-0.4, -0.2) is 61.7 Å². The van der Waals surface area contributed by atoms with Gasteiger partial charge in [-0.15, -0.1) is 0 Å². The van der Waals surface area contributed by atoms with Gasteiger partial charge in [-0.1, -0.05) is 78.3 Å². The lowest BCUT2D eigenvalue weighted by molar-refractivity contribution is -0.191. The van der Waals surface area contributed by atoms with Gasteiger partial charge in [-0.3, -0.25) is 9.00 Å². The molecule has 0 aliphatic heterocycles. The number of methoxy groups -OCH3 is 3. The minimum Gasteiger partial charge on any atom is -0.768 e. The average Bonchev–Trinajstić information content (AvgIpc) is 4.12. The monoisotopic (exact) mass is 1120 g/mol. The van der Waals surface area contributed by atoms with Crippen molar-refractivity contribution < 1.29 is 55.2 Å². The van der Waals surface area contributed by atoms with E-state index in [4.69, 9.17) is 103 Å². The maximum absolute atomic E-state index is 11.6. The summed E-state index contributed by atoms with van der Waals surface area (Å²) in [6, 6.07) is 15.0. The zero-order chi connectivity index (χ0) is 45.6. The van der Waals surface area contributed by atoms with Gasteiger partial charge in [0.25, 0.3) is 9.05 Å². The Balaban J connectivity index is 0.000000299. The van der Waals surface area contributed by atoms with Gasteiger partial charge in [0.2, 0.25) is 0 Å². The summed E-state index contributed by atoms with van der Waals surface area (Å²) in [5.74, 6) is 0.993. The van der Waals surface area contributed by atoms with Crippen LogP contribution in [0.1, 0.15) is 32.6 Å². The molecule has 2 aliphatic carbocycles. The lowest BCUT2D eigenvalue weighted by atomic mass is 10.3. The largest absolute Gasteiger partial charge is 0.768 e. The third-order valence-corrected chi connectivity index (χ3v) is 12.0. The number of benzene rings is 4. The van der Waals surface area contributed by atoms with Crippen LogP contribution in [0.2, 0.25) is 20.1 Å². The molecule has 0 spiro atoms. The first-order chi connectivity index (χ1) is 28.0. The van der Waals surface area contributed by atoms with E-state index in [-0.39, 0.29) is 72.0 Å².